The van der Waals surface area contributed by atoms with Gasteiger partial charge in [-0.05, 0) is 45.3 Å². The van der Waals surface area contributed by atoms with E-state index >= 15 is 0 Å². The molecule has 1 aromatic rings. The van der Waals surface area contributed by atoms with Crippen LogP contribution in [0.2, 0.25) is 0 Å². The van der Waals surface area contributed by atoms with Crippen molar-refractivity contribution in [2.45, 2.75) is 45.3 Å². The minimum absolute atomic E-state index is 0.301. The van der Waals surface area contributed by atoms with Crippen LogP contribution in [0.5, 0.6) is 5.75 Å². The van der Waals surface area contributed by atoms with E-state index in [0.717, 1.165) is 12.1 Å². The molecule has 1 N–H and O–H groups in total. The molecule has 0 aliphatic carbocycles. The Bertz CT molecular complexity index is 611. The molecule has 9 heteroatoms. The normalized spacial score (nSPS) is 19.7. The molecule has 0 amide bonds. The fraction of sp³-hybridized carbons (Fsp3) is 0.500. The van der Waals surface area contributed by atoms with Crippen molar-refractivity contribution in [3.63, 3.8) is 0 Å². The molecule has 1 aromatic carbocycles. The van der Waals surface area contributed by atoms with E-state index in [2.05, 4.69) is 4.74 Å². The second-order valence-corrected chi connectivity index (χ2v) is 6.20. The van der Waals surface area contributed by atoms with Crippen molar-refractivity contribution >= 4 is 18.6 Å². The highest BCUT2D eigenvalue weighted by molar-refractivity contribution is 6.62. The predicted molar refractivity (Wildman–Crippen MR) is 75.8 cm³/mol. The lowest BCUT2D eigenvalue weighted by Gasteiger charge is -2.32. The fourth-order valence-electron chi connectivity index (χ4n) is 2.05. The SMILES string of the molecule is CC1(C)OB(c2ccc(OC(F)(F)F)c(C(=O)O)c2)OC1(C)C. The van der Waals surface area contributed by atoms with E-state index < -0.39 is 42.0 Å². The summed E-state index contributed by atoms with van der Waals surface area (Å²) in [5.41, 5.74) is -1.62. The van der Waals surface area contributed by atoms with Gasteiger partial charge in [-0.3, -0.25) is 0 Å². The zero-order valence-electron chi connectivity index (χ0n) is 13.0. The first kappa shape index (κ1) is 17.6. The maximum absolute atomic E-state index is 12.3. The minimum atomic E-state index is -4.98. The first-order valence-corrected chi connectivity index (χ1v) is 6.81. The number of carboxylic acid groups (broad SMARTS) is 1. The highest BCUT2D eigenvalue weighted by Crippen LogP contribution is 2.37. The van der Waals surface area contributed by atoms with E-state index in [1.54, 1.807) is 0 Å². The maximum Gasteiger partial charge on any atom is 0.573 e. The van der Waals surface area contributed by atoms with Gasteiger partial charge in [-0.25, -0.2) is 4.79 Å². The molecule has 1 saturated heterocycles. The molecule has 1 heterocycles. The Balaban J connectivity index is 2.36. The van der Waals surface area contributed by atoms with E-state index in [0.29, 0.717) is 5.46 Å². The minimum Gasteiger partial charge on any atom is -0.478 e. The van der Waals surface area contributed by atoms with Gasteiger partial charge in [-0.2, -0.15) is 0 Å². The summed E-state index contributed by atoms with van der Waals surface area (Å²) in [6, 6.07) is 3.29. The van der Waals surface area contributed by atoms with Gasteiger partial charge in [-0.1, -0.05) is 6.07 Å². The molecule has 1 aliphatic rings. The summed E-state index contributed by atoms with van der Waals surface area (Å²) in [6.45, 7) is 7.25. The van der Waals surface area contributed by atoms with Gasteiger partial charge in [-0.15, -0.1) is 13.2 Å². The number of halogens is 3. The molecule has 0 saturated carbocycles. The molecule has 0 atom stereocenters. The number of carbonyl (C=O) groups is 1. The van der Waals surface area contributed by atoms with Crippen molar-refractivity contribution in [3.05, 3.63) is 23.8 Å². The van der Waals surface area contributed by atoms with E-state index in [1.807, 2.05) is 27.7 Å². The number of aromatic carboxylic acids is 1. The lowest BCUT2D eigenvalue weighted by Crippen LogP contribution is -2.41. The van der Waals surface area contributed by atoms with Crippen molar-refractivity contribution in [3.8, 4) is 5.75 Å². The Hall–Kier alpha value is -1.74. The first-order chi connectivity index (χ1) is 10.3. The van der Waals surface area contributed by atoms with Crippen LogP contribution in [0.1, 0.15) is 38.1 Å². The van der Waals surface area contributed by atoms with Gasteiger partial charge >= 0.3 is 19.5 Å². The number of rotatable bonds is 3. The number of carboxylic acids is 1. The summed E-state index contributed by atoms with van der Waals surface area (Å²) in [6.07, 6.45) is -4.98. The summed E-state index contributed by atoms with van der Waals surface area (Å²) in [4.78, 5) is 11.2. The summed E-state index contributed by atoms with van der Waals surface area (Å²) in [7, 11) is -0.877. The Morgan fingerprint density at radius 1 is 1.17 bits per heavy atom. The molecular formula is C14H16BF3O5. The smallest absolute Gasteiger partial charge is 0.478 e. The molecule has 0 spiro atoms. The third-order valence-electron chi connectivity index (χ3n) is 3.99. The van der Waals surface area contributed by atoms with E-state index in [-0.39, 0.29) is 0 Å². The van der Waals surface area contributed by atoms with Gasteiger partial charge in [0.1, 0.15) is 11.3 Å². The lowest BCUT2D eigenvalue weighted by atomic mass is 9.78. The fourth-order valence-corrected chi connectivity index (χ4v) is 2.05. The molecule has 5 nitrogen and oxygen atoms in total. The molecule has 23 heavy (non-hydrogen) atoms. The summed E-state index contributed by atoms with van der Waals surface area (Å²) >= 11 is 0. The standard InChI is InChI=1S/C14H16BF3O5/c1-12(2)13(3,4)23-15(22-12)8-5-6-10(21-14(16,17)18)9(7-8)11(19)20/h5-7H,1-4H3,(H,19,20). The third kappa shape index (κ3) is 3.61. The Labute approximate surface area is 131 Å². The van der Waals surface area contributed by atoms with Gasteiger partial charge in [0.25, 0.3) is 0 Å². The van der Waals surface area contributed by atoms with Crippen LogP contribution in [0.25, 0.3) is 0 Å². The molecule has 2 rings (SSSR count). The molecule has 0 radical (unpaired) electrons. The molecule has 1 fully saturated rings. The zero-order valence-corrected chi connectivity index (χ0v) is 13.0. The zero-order chi connectivity index (χ0) is 17.6. The van der Waals surface area contributed by atoms with E-state index in [4.69, 9.17) is 14.4 Å². The average molecular weight is 332 g/mol. The largest absolute Gasteiger partial charge is 0.573 e. The van der Waals surface area contributed by atoms with Crippen LogP contribution in [-0.4, -0.2) is 35.8 Å². The van der Waals surface area contributed by atoms with Crippen molar-refractivity contribution in [1.82, 2.24) is 0 Å². The van der Waals surface area contributed by atoms with Crippen LogP contribution in [0.4, 0.5) is 13.2 Å². The first-order valence-electron chi connectivity index (χ1n) is 6.81. The topological polar surface area (TPSA) is 65.0 Å². The van der Waals surface area contributed by atoms with Gasteiger partial charge in [0.2, 0.25) is 0 Å². The Morgan fingerprint density at radius 2 is 1.70 bits per heavy atom. The van der Waals surface area contributed by atoms with Crippen molar-refractivity contribution in [2.75, 3.05) is 0 Å². The van der Waals surface area contributed by atoms with Crippen LogP contribution in [0, 0.1) is 0 Å². The van der Waals surface area contributed by atoms with Gasteiger partial charge < -0.3 is 19.2 Å². The quantitative estimate of drug-likeness (QED) is 0.862. The second-order valence-electron chi connectivity index (χ2n) is 6.20. The molecular weight excluding hydrogens is 316 g/mol. The van der Waals surface area contributed by atoms with Crippen molar-refractivity contribution in [2.24, 2.45) is 0 Å². The van der Waals surface area contributed by atoms with Crippen LogP contribution in [-0.2, 0) is 9.31 Å². The van der Waals surface area contributed by atoms with Crippen LogP contribution in [0.3, 0.4) is 0 Å². The van der Waals surface area contributed by atoms with Crippen molar-refractivity contribution < 1.29 is 37.1 Å². The van der Waals surface area contributed by atoms with Gasteiger partial charge in [0.05, 0.1) is 11.2 Å². The third-order valence-corrected chi connectivity index (χ3v) is 3.99. The Morgan fingerprint density at radius 3 is 2.13 bits per heavy atom. The Kier molecular flexibility index (Phi) is 4.15. The number of ether oxygens (including phenoxy) is 1. The lowest BCUT2D eigenvalue weighted by molar-refractivity contribution is -0.274. The number of alkyl halides is 3. The average Bonchev–Trinajstić information content (AvgIpc) is 2.56. The summed E-state index contributed by atoms with van der Waals surface area (Å²) in [5.74, 6) is -2.33. The number of hydrogen-bond acceptors (Lipinski definition) is 4. The van der Waals surface area contributed by atoms with Gasteiger partial charge in [0.15, 0.2) is 0 Å². The molecule has 126 valence electrons. The molecule has 0 aromatic heterocycles. The van der Waals surface area contributed by atoms with E-state index in [1.165, 1.54) is 6.07 Å². The predicted octanol–water partition coefficient (Wildman–Crippen LogP) is 2.58. The molecule has 0 unspecified atom stereocenters. The number of hydrogen-bond donors (Lipinski definition) is 1. The highest BCUT2D eigenvalue weighted by atomic mass is 19.4. The molecule has 0 bridgehead atoms. The van der Waals surface area contributed by atoms with E-state index in [9.17, 15) is 18.0 Å². The maximum atomic E-state index is 12.3. The van der Waals surface area contributed by atoms with Crippen molar-refractivity contribution in [1.29, 1.82) is 0 Å². The monoisotopic (exact) mass is 332 g/mol. The summed E-state index contributed by atoms with van der Waals surface area (Å²) < 4.78 is 52.2. The van der Waals surface area contributed by atoms with Crippen LogP contribution >= 0.6 is 0 Å². The summed E-state index contributed by atoms with van der Waals surface area (Å²) in [5, 5.41) is 9.11. The second kappa shape index (κ2) is 5.42. The number of benzene rings is 1. The molecule has 1 aliphatic heterocycles. The highest BCUT2D eigenvalue weighted by Gasteiger charge is 2.51. The van der Waals surface area contributed by atoms with Gasteiger partial charge in [0, 0.05) is 0 Å². The van der Waals surface area contributed by atoms with Crippen LogP contribution in [0.15, 0.2) is 18.2 Å². The van der Waals surface area contributed by atoms with Crippen LogP contribution < -0.4 is 10.2 Å².